The van der Waals surface area contributed by atoms with Crippen molar-refractivity contribution >= 4 is 26.8 Å². The average molecular weight is 309 g/mol. The monoisotopic (exact) mass is 309 g/mol. The Bertz CT molecular complexity index is 604. The van der Waals surface area contributed by atoms with Crippen LogP contribution in [0.1, 0.15) is 23.2 Å². The SMILES string of the molecule is Cc1oc(C(=O)O)cc1S(=O)(=O)NCC(C)S(C)=O. The van der Waals surface area contributed by atoms with E-state index in [9.17, 15) is 17.4 Å². The van der Waals surface area contributed by atoms with Gasteiger partial charge in [0.25, 0.3) is 0 Å². The molecule has 0 aliphatic rings. The molecule has 7 nitrogen and oxygen atoms in total. The van der Waals surface area contributed by atoms with Gasteiger partial charge in [-0.15, -0.1) is 0 Å². The van der Waals surface area contributed by atoms with Crippen molar-refractivity contribution in [3.8, 4) is 0 Å². The summed E-state index contributed by atoms with van der Waals surface area (Å²) in [6, 6.07) is 0.952. The maximum Gasteiger partial charge on any atom is 0.371 e. The number of hydrogen-bond donors (Lipinski definition) is 2. The minimum absolute atomic E-state index is 0.00152. The molecule has 1 aromatic rings. The quantitative estimate of drug-likeness (QED) is 0.783. The molecule has 1 rings (SSSR count). The van der Waals surface area contributed by atoms with Crippen molar-refractivity contribution in [2.75, 3.05) is 12.8 Å². The van der Waals surface area contributed by atoms with E-state index in [2.05, 4.69) is 4.72 Å². The van der Waals surface area contributed by atoms with Crippen LogP contribution in [-0.2, 0) is 20.8 Å². The van der Waals surface area contributed by atoms with Gasteiger partial charge in [0.15, 0.2) is 0 Å². The predicted octanol–water partition coefficient (Wildman–Crippen LogP) is 0.332. The molecule has 0 saturated carbocycles. The van der Waals surface area contributed by atoms with Gasteiger partial charge in [-0.05, 0) is 13.8 Å². The summed E-state index contributed by atoms with van der Waals surface area (Å²) in [7, 11) is -5.03. The lowest BCUT2D eigenvalue weighted by atomic mass is 10.4. The maximum atomic E-state index is 12.0. The van der Waals surface area contributed by atoms with E-state index in [-0.39, 0.29) is 22.5 Å². The Labute approximate surface area is 113 Å². The molecule has 108 valence electrons. The zero-order valence-electron chi connectivity index (χ0n) is 10.7. The number of sulfonamides is 1. The Kier molecular flexibility index (Phi) is 4.88. The van der Waals surface area contributed by atoms with Crippen molar-refractivity contribution in [3.63, 3.8) is 0 Å². The number of rotatable bonds is 6. The highest BCUT2D eigenvalue weighted by Gasteiger charge is 2.24. The molecule has 0 radical (unpaired) electrons. The molecule has 0 spiro atoms. The number of carbonyl (C=O) groups is 1. The van der Waals surface area contributed by atoms with E-state index < -0.39 is 32.6 Å². The normalized spacial score (nSPS) is 15.1. The van der Waals surface area contributed by atoms with Crippen molar-refractivity contribution in [1.29, 1.82) is 0 Å². The Morgan fingerprint density at radius 2 is 2.16 bits per heavy atom. The van der Waals surface area contributed by atoms with E-state index in [1.807, 2.05) is 0 Å². The van der Waals surface area contributed by atoms with Gasteiger partial charge in [-0.25, -0.2) is 17.9 Å². The van der Waals surface area contributed by atoms with Gasteiger partial charge >= 0.3 is 5.97 Å². The molecule has 2 N–H and O–H groups in total. The largest absolute Gasteiger partial charge is 0.475 e. The van der Waals surface area contributed by atoms with E-state index in [0.717, 1.165) is 6.07 Å². The van der Waals surface area contributed by atoms with Crippen molar-refractivity contribution in [2.45, 2.75) is 24.0 Å². The van der Waals surface area contributed by atoms with Gasteiger partial charge in [-0.3, -0.25) is 4.21 Å². The van der Waals surface area contributed by atoms with Crippen LogP contribution in [0.4, 0.5) is 0 Å². The molecular formula is C10H15NO6S2. The van der Waals surface area contributed by atoms with Crippen LogP contribution in [0.25, 0.3) is 0 Å². The second-order valence-electron chi connectivity index (χ2n) is 4.00. The molecule has 2 unspecified atom stereocenters. The summed E-state index contributed by atoms with van der Waals surface area (Å²) in [4.78, 5) is 10.5. The fourth-order valence-electron chi connectivity index (χ4n) is 1.26. The molecule has 1 heterocycles. The van der Waals surface area contributed by atoms with Gasteiger partial charge in [-0.2, -0.15) is 0 Å². The highest BCUT2D eigenvalue weighted by molar-refractivity contribution is 7.89. The Morgan fingerprint density at radius 3 is 2.58 bits per heavy atom. The van der Waals surface area contributed by atoms with Crippen LogP contribution >= 0.6 is 0 Å². The van der Waals surface area contributed by atoms with Crippen LogP contribution in [0.5, 0.6) is 0 Å². The lowest BCUT2D eigenvalue weighted by molar-refractivity contribution is 0.0661. The molecule has 0 aromatic carbocycles. The first-order chi connectivity index (χ1) is 8.65. The fraction of sp³-hybridized carbons (Fsp3) is 0.500. The molecule has 0 aliphatic carbocycles. The van der Waals surface area contributed by atoms with Gasteiger partial charge in [0.2, 0.25) is 15.8 Å². The summed E-state index contributed by atoms with van der Waals surface area (Å²) in [5.74, 6) is -1.78. The van der Waals surface area contributed by atoms with Crippen LogP contribution < -0.4 is 4.72 Å². The maximum absolute atomic E-state index is 12.0. The first-order valence-corrected chi connectivity index (χ1v) is 8.41. The standard InChI is InChI=1S/C10H15NO6S2/c1-6(18(3)14)5-11-19(15,16)9-4-8(10(12)13)17-7(9)2/h4,6,11H,5H2,1-3H3,(H,12,13). The number of furan rings is 1. The molecule has 0 saturated heterocycles. The topological polar surface area (TPSA) is 114 Å². The lowest BCUT2D eigenvalue weighted by Gasteiger charge is -2.09. The molecule has 1 aromatic heterocycles. The third-order valence-corrected chi connectivity index (χ3v) is 5.33. The molecule has 0 aliphatic heterocycles. The summed E-state index contributed by atoms with van der Waals surface area (Å²) in [5.41, 5.74) is 0. The predicted molar refractivity (Wildman–Crippen MR) is 69.1 cm³/mol. The van der Waals surface area contributed by atoms with Gasteiger partial charge in [0, 0.05) is 34.9 Å². The van der Waals surface area contributed by atoms with E-state index in [1.54, 1.807) is 6.92 Å². The van der Waals surface area contributed by atoms with Crippen molar-refractivity contribution < 1.29 is 26.9 Å². The minimum atomic E-state index is -3.87. The third kappa shape index (κ3) is 3.88. The molecule has 2 atom stereocenters. The van der Waals surface area contributed by atoms with E-state index in [4.69, 9.17) is 9.52 Å². The smallest absolute Gasteiger partial charge is 0.371 e. The number of carboxylic acids is 1. The molecule has 0 fully saturated rings. The summed E-state index contributed by atoms with van der Waals surface area (Å²) >= 11 is 0. The summed E-state index contributed by atoms with van der Waals surface area (Å²) in [6.07, 6.45) is 1.48. The van der Waals surface area contributed by atoms with Crippen molar-refractivity contribution in [2.24, 2.45) is 0 Å². The number of carboxylic acid groups (broad SMARTS) is 1. The van der Waals surface area contributed by atoms with Crippen LogP contribution in [0.2, 0.25) is 0 Å². The molecule has 9 heteroatoms. The first kappa shape index (κ1) is 15.9. The van der Waals surface area contributed by atoms with E-state index in [0.29, 0.717) is 0 Å². The third-order valence-electron chi connectivity index (χ3n) is 2.50. The first-order valence-electron chi connectivity index (χ1n) is 5.30. The molecule has 19 heavy (non-hydrogen) atoms. The molecule has 0 amide bonds. The van der Waals surface area contributed by atoms with Crippen LogP contribution in [-0.4, -0.2) is 41.8 Å². The van der Waals surface area contributed by atoms with Crippen molar-refractivity contribution in [3.05, 3.63) is 17.6 Å². The van der Waals surface area contributed by atoms with E-state index >= 15 is 0 Å². The average Bonchev–Trinajstić information content (AvgIpc) is 2.69. The van der Waals surface area contributed by atoms with Gasteiger partial charge < -0.3 is 9.52 Å². The van der Waals surface area contributed by atoms with Crippen LogP contribution in [0, 0.1) is 6.92 Å². The van der Waals surface area contributed by atoms with Crippen LogP contribution in [0.3, 0.4) is 0 Å². The number of hydrogen-bond acceptors (Lipinski definition) is 5. The number of aromatic carboxylic acids is 1. The summed E-state index contributed by atoms with van der Waals surface area (Å²) < 4.78 is 42.2. The number of nitrogens with one attached hydrogen (secondary N) is 1. The molecular weight excluding hydrogens is 294 g/mol. The Morgan fingerprint density at radius 1 is 1.58 bits per heavy atom. The zero-order valence-corrected chi connectivity index (χ0v) is 12.3. The van der Waals surface area contributed by atoms with Gasteiger partial charge in [0.05, 0.1) is 0 Å². The zero-order chi connectivity index (χ0) is 14.8. The van der Waals surface area contributed by atoms with Gasteiger partial charge in [-0.1, -0.05) is 0 Å². The molecule has 0 bridgehead atoms. The fourth-order valence-corrected chi connectivity index (χ4v) is 2.99. The van der Waals surface area contributed by atoms with E-state index in [1.165, 1.54) is 13.2 Å². The minimum Gasteiger partial charge on any atom is -0.475 e. The number of aryl methyl sites for hydroxylation is 1. The highest BCUT2D eigenvalue weighted by Crippen LogP contribution is 2.19. The summed E-state index contributed by atoms with van der Waals surface area (Å²) in [6.45, 7) is 3.00. The summed E-state index contributed by atoms with van der Waals surface area (Å²) in [5, 5.41) is 8.38. The van der Waals surface area contributed by atoms with Crippen LogP contribution in [0.15, 0.2) is 15.4 Å². The Hall–Kier alpha value is -1.19. The van der Waals surface area contributed by atoms with Gasteiger partial charge in [0.1, 0.15) is 10.7 Å². The Balaban J connectivity index is 2.95. The highest BCUT2D eigenvalue weighted by atomic mass is 32.2. The van der Waals surface area contributed by atoms with Crippen molar-refractivity contribution in [1.82, 2.24) is 4.72 Å². The lowest BCUT2D eigenvalue weighted by Crippen LogP contribution is -2.32. The second kappa shape index (κ2) is 5.85. The second-order valence-corrected chi connectivity index (χ2v) is 7.53.